The van der Waals surface area contributed by atoms with Gasteiger partial charge < -0.3 is 4.90 Å². The van der Waals surface area contributed by atoms with Gasteiger partial charge in [0.2, 0.25) is 15.9 Å². The van der Waals surface area contributed by atoms with Crippen LogP contribution in [-0.4, -0.2) is 27.4 Å². The van der Waals surface area contributed by atoms with Crippen molar-refractivity contribution in [3.05, 3.63) is 45.8 Å². The standard InChI is InChI=1S/C14H14Cl2N2O3S2/c1-10(19)18(12-5-2-4-11(15)14(12)16)8-7-17-23(20,21)13-6-3-9-22-13/h2-6,9,17H,7-8H2,1H3. The normalized spacial score (nSPS) is 11.4. The molecule has 1 aromatic carbocycles. The molecule has 0 spiro atoms. The van der Waals surface area contributed by atoms with Crippen molar-refractivity contribution in [2.45, 2.75) is 11.1 Å². The number of anilines is 1. The smallest absolute Gasteiger partial charge is 0.250 e. The number of nitrogens with one attached hydrogen (secondary N) is 1. The van der Waals surface area contributed by atoms with Crippen LogP contribution in [0.4, 0.5) is 5.69 Å². The Morgan fingerprint density at radius 1 is 1.26 bits per heavy atom. The highest BCUT2D eigenvalue weighted by Crippen LogP contribution is 2.32. The Kier molecular flexibility index (Phi) is 6.05. The summed E-state index contributed by atoms with van der Waals surface area (Å²) in [6, 6.07) is 8.13. The fourth-order valence-corrected chi connectivity index (χ4v) is 4.38. The van der Waals surface area contributed by atoms with Gasteiger partial charge in [0.1, 0.15) is 4.21 Å². The van der Waals surface area contributed by atoms with Crippen molar-refractivity contribution in [3.63, 3.8) is 0 Å². The lowest BCUT2D eigenvalue weighted by molar-refractivity contribution is -0.116. The maximum atomic E-state index is 12.1. The van der Waals surface area contributed by atoms with Crippen LogP contribution in [0.5, 0.6) is 0 Å². The molecule has 0 fully saturated rings. The molecule has 2 aromatic rings. The van der Waals surface area contributed by atoms with E-state index in [-0.39, 0.29) is 28.2 Å². The summed E-state index contributed by atoms with van der Waals surface area (Å²) in [4.78, 5) is 13.2. The highest BCUT2D eigenvalue weighted by atomic mass is 35.5. The Morgan fingerprint density at radius 3 is 2.61 bits per heavy atom. The summed E-state index contributed by atoms with van der Waals surface area (Å²) < 4.78 is 26.8. The first-order valence-corrected chi connectivity index (χ1v) is 9.70. The minimum Gasteiger partial charge on any atom is -0.310 e. The lowest BCUT2D eigenvalue weighted by atomic mass is 10.2. The maximum absolute atomic E-state index is 12.1. The van der Waals surface area contributed by atoms with Gasteiger partial charge in [-0.3, -0.25) is 4.79 Å². The van der Waals surface area contributed by atoms with Crippen LogP contribution in [0.2, 0.25) is 10.0 Å². The molecule has 0 aliphatic heterocycles. The average molecular weight is 393 g/mol. The van der Waals surface area contributed by atoms with Crippen LogP contribution in [0.15, 0.2) is 39.9 Å². The summed E-state index contributed by atoms with van der Waals surface area (Å²) in [5.41, 5.74) is 0.446. The number of carbonyl (C=O) groups excluding carboxylic acids is 1. The van der Waals surface area contributed by atoms with E-state index in [0.717, 1.165) is 11.3 Å². The summed E-state index contributed by atoms with van der Waals surface area (Å²) in [5, 5.41) is 2.27. The molecule has 1 heterocycles. The van der Waals surface area contributed by atoms with Crippen molar-refractivity contribution in [3.8, 4) is 0 Å². The van der Waals surface area contributed by atoms with E-state index in [2.05, 4.69) is 4.72 Å². The van der Waals surface area contributed by atoms with Crippen LogP contribution in [0.3, 0.4) is 0 Å². The molecule has 0 saturated heterocycles. The van der Waals surface area contributed by atoms with Crippen molar-refractivity contribution >= 4 is 56.2 Å². The quantitative estimate of drug-likeness (QED) is 0.818. The predicted molar refractivity (Wildman–Crippen MR) is 94.0 cm³/mol. The van der Waals surface area contributed by atoms with E-state index in [4.69, 9.17) is 23.2 Å². The maximum Gasteiger partial charge on any atom is 0.250 e. The number of hydrogen-bond acceptors (Lipinski definition) is 4. The molecule has 0 aliphatic carbocycles. The van der Waals surface area contributed by atoms with Crippen molar-refractivity contribution in [2.75, 3.05) is 18.0 Å². The summed E-state index contributed by atoms with van der Waals surface area (Å²) >= 11 is 13.2. The third-order valence-electron chi connectivity index (χ3n) is 2.99. The van der Waals surface area contributed by atoms with Crippen molar-refractivity contribution in [1.82, 2.24) is 4.72 Å². The van der Waals surface area contributed by atoms with E-state index in [9.17, 15) is 13.2 Å². The number of halogens is 2. The molecule has 0 radical (unpaired) electrons. The molecule has 1 aromatic heterocycles. The molecular formula is C14H14Cl2N2O3S2. The van der Waals surface area contributed by atoms with Crippen LogP contribution >= 0.6 is 34.5 Å². The first-order chi connectivity index (χ1) is 10.8. The molecule has 23 heavy (non-hydrogen) atoms. The van der Waals surface area contributed by atoms with E-state index in [1.54, 1.807) is 29.6 Å². The highest BCUT2D eigenvalue weighted by molar-refractivity contribution is 7.91. The van der Waals surface area contributed by atoms with Crippen LogP contribution in [0, 0.1) is 0 Å². The minimum atomic E-state index is -3.57. The van der Waals surface area contributed by atoms with E-state index >= 15 is 0 Å². The zero-order valence-electron chi connectivity index (χ0n) is 12.1. The van der Waals surface area contributed by atoms with Crippen LogP contribution in [0.1, 0.15) is 6.92 Å². The third kappa shape index (κ3) is 4.45. The molecule has 2 rings (SSSR count). The van der Waals surface area contributed by atoms with E-state index < -0.39 is 10.0 Å². The van der Waals surface area contributed by atoms with Crippen molar-refractivity contribution in [1.29, 1.82) is 0 Å². The van der Waals surface area contributed by atoms with E-state index in [1.807, 2.05) is 0 Å². The summed E-state index contributed by atoms with van der Waals surface area (Å²) in [6.45, 7) is 1.58. The molecule has 0 atom stereocenters. The second-order valence-corrected chi connectivity index (χ2v) is 8.30. The Labute approximate surface area is 148 Å². The molecule has 5 nitrogen and oxygen atoms in total. The summed E-state index contributed by atoms with van der Waals surface area (Å²) in [7, 11) is -3.57. The van der Waals surface area contributed by atoms with Gasteiger partial charge in [0.25, 0.3) is 0 Å². The number of nitrogens with zero attached hydrogens (tertiary/aromatic N) is 1. The molecule has 0 aliphatic rings. The fourth-order valence-electron chi connectivity index (χ4n) is 1.93. The van der Waals surface area contributed by atoms with Gasteiger partial charge >= 0.3 is 0 Å². The first-order valence-electron chi connectivity index (χ1n) is 6.58. The predicted octanol–water partition coefficient (Wildman–Crippen LogP) is 3.39. The first kappa shape index (κ1) is 18.2. The monoisotopic (exact) mass is 392 g/mol. The molecule has 0 saturated carbocycles. The van der Waals surface area contributed by atoms with Gasteiger partial charge in [-0.05, 0) is 23.6 Å². The lowest BCUT2D eigenvalue weighted by Gasteiger charge is -2.22. The molecule has 1 amide bonds. The highest BCUT2D eigenvalue weighted by Gasteiger charge is 2.19. The van der Waals surface area contributed by atoms with Crippen molar-refractivity contribution in [2.24, 2.45) is 0 Å². The summed E-state index contributed by atoms with van der Waals surface area (Å²) in [5.74, 6) is -0.260. The fraction of sp³-hybridized carbons (Fsp3) is 0.214. The van der Waals surface area contributed by atoms with Gasteiger partial charge in [0, 0.05) is 20.0 Å². The topological polar surface area (TPSA) is 66.5 Å². The van der Waals surface area contributed by atoms with Gasteiger partial charge in [0.05, 0.1) is 15.7 Å². The molecule has 9 heteroatoms. The number of amides is 1. The Morgan fingerprint density at radius 2 is 2.00 bits per heavy atom. The number of carbonyl (C=O) groups is 1. The average Bonchev–Trinajstić information content (AvgIpc) is 3.02. The molecule has 0 bridgehead atoms. The van der Waals surface area contributed by atoms with E-state index in [1.165, 1.54) is 17.9 Å². The zero-order chi connectivity index (χ0) is 17.0. The van der Waals surface area contributed by atoms with Crippen molar-refractivity contribution < 1.29 is 13.2 Å². The van der Waals surface area contributed by atoms with Crippen LogP contribution in [0.25, 0.3) is 0 Å². The van der Waals surface area contributed by atoms with Gasteiger partial charge in [-0.15, -0.1) is 11.3 Å². The Hall–Kier alpha value is -1.12. The number of hydrogen-bond donors (Lipinski definition) is 1. The molecule has 0 unspecified atom stereocenters. The SMILES string of the molecule is CC(=O)N(CCNS(=O)(=O)c1cccs1)c1cccc(Cl)c1Cl. The molecule has 1 N–H and O–H groups in total. The Balaban J connectivity index is 2.10. The second kappa shape index (κ2) is 7.63. The van der Waals surface area contributed by atoms with Gasteiger partial charge in [-0.1, -0.05) is 35.3 Å². The van der Waals surface area contributed by atoms with Crippen LogP contribution < -0.4 is 9.62 Å². The number of rotatable bonds is 6. The largest absolute Gasteiger partial charge is 0.310 e. The third-order valence-corrected chi connectivity index (χ3v) is 6.66. The zero-order valence-corrected chi connectivity index (χ0v) is 15.3. The lowest BCUT2D eigenvalue weighted by Crippen LogP contribution is -2.37. The van der Waals surface area contributed by atoms with Gasteiger partial charge in [0.15, 0.2) is 0 Å². The molecular weight excluding hydrogens is 379 g/mol. The Bertz CT molecular complexity index is 792. The van der Waals surface area contributed by atoms with Gasteiger partial charge in [-0.2, -0.15) is 0 Å². The second-order valence-electron chi connectivity index (χ2n) is 4.57. The van der Waals surface area contributed by atoms with Gasteiger partial charge in [-0.25, -0.2) is 13.1 Å². The minimum absolute atomic E-state index is 0.0582. The number of thiophene rings is 1. The summed E-state index contributed by atoms with van der Waals surface area (Å²) in [6.07, 6.45) is 0. The number of sulfonamides is 1. The number of benzene rings is 1. The molecule has 124 valence electrons. The van der Waals surface area contributed by atoms with E-state index in [0.29, 0.717) is 10.7 Å². The van der Waals surface area contributed by atoms with Crippen LogP contribution in [-0.2, 0) is 14.8 Å².